The Kier molecular flexibility index (Phi) is 6.38. The van der Waals surface area contributed by atoms with Gasteiger partial charge in [0, 0.05) is 23.7 Å². The third-order valence-corrected chi connectivity index (χ3v) is 4.30. The van der Waals surface area contributed by atoms with Crippen LogP contribution in [-0.2, 0) is 6.54 Å². The Hall–Kier alpha value is -3.29. The zero-order valence-corrected chi connectivity index (χ0v) is 17.8. The fraction of sp³-hybridized carbons (Fsp3) is 0.304. The number of rotatable bonds is 6. The maximum atomic E-state index is 12.6. The summed E-state index contributed by atoms with van der Waals surface area (Å²) in [5.41, 5.74) is 2.93. The Morgan fingerprint density at radius 3 is 2.35 bits per heavy atom. The van der Waals surface area contributed by atoms with E-state index in [1.807, 2.05) is 52.0 Å². The third-order valence-electron chi connectivity index (χ3n) is 4.30. The molecule has 0 unspecified atom stereocenters. The molecule has 1 aromatic heterocycles. The summed E-state index contributed by atoms with van der Waals surface area (Å²) < 4.78 is 41.9. The van der Waals surface area contributed by atoms with Crippen molar-refractivity contribution in [2.45, 2.75) is 46.1 Å². The number of hydrogen-bond donors (Lipinski definition) is 2. The van der Waals surface area contributed by atoms with Crippen LogP contribution in [0.25, 0.3) is 11.3 Å². The van der Waals surface area contributed by atoms with Crippen molar-refractivity contribution in [3.8, 4) is 17.0 Å². The van der Waals surface area contributed by atoms with Gasteiger partial charge in [-0.05, 0) is 51.0 Å². The highest BCUT2D eigenvalue weighted by molar-refractivity contribution is 5.66. The SMILES string of the molecule is Cc1ccccc1CNc1cc(-c2cccc(OC(F)(F)F)c2)nc(NC(C)(C)C)n1. The molecule has 1 heterocycles. The van der Waals surface area contributed by atoms with Crippen LogP contribution >= 0.6 is 0 Å². The van der Waals surface area contributed by atoms with E-state index in [0.29, 0.717) is 29.6 Å². The van der Waals surface area contributed by atoms with E-state index in [0.717, 1.165) is 11.1 Å². The molecule has 0 radical (unpaired) electrons. The summed E-state index contributed by atoms with van der Waals surface area (Å²) in [4.78, 5) is 9.03. The molecule has 2 N–H and O–H groups in total. The Labute approximate surface area is 179 Å². The predicted octanol–water partition coefficient (Wildman–Crippen LogP) is 6.17. The van der Waals surface area contributed by atoms with Crippen molar-refractivity contribution >= 4 is 11.8 Å². The van der Waals surface area contributed by atoms with Gasteiger partial charge in [-0.15, -0.1) is 13.2 Å². The van der Waals surface area contributed by atoms with Gasteiger partial charge in [0.15, 0.2) is 0 Å². The van der Waals surface area contributed by atoms with Gasteiger partial charge >= 0.3 is 6.36 Å². The molecule has 0 bridgehead atoms. The van der Waals surface area contributed by atoms with Crippen LogP contribution in [0, 0.1) is 6.92 Å². The molecule has 0 fully saturated rings. The molecule has 0 atom stereocenters. The number of aryl methyl sites for hydroxylation is 1. The standard InChI is InChI=1S/C23H25F3N4O/c1-15-8-5-6-9-17(15)14-27-20-13-19(28-21(29-20)30-22(2,3)4)16-10-7-11-18(12-16)31-23(24,25)26/h5-13H,14H2,1-4H3,(H2,27,28,29,30). The number of halogens is 3. The van der Waals surface area contributed by atoms with E-state index in [4.69, 9.17) is 0 Å². The van der Waals surface area contributed by atoms with Crippen LogP contribution in [0.15, 0.2) is 54.6 Å². The number of alkyl halides is 3. The van der Waals surface area contributed by atoms with Crippen LogP contribution in [0.5, 0.6) is 5.75 Å². The molecule has 31 heavy (non-hydrogen) atoms. The van der Waals surface area contributed by atoms with E-state index >= 15 is 0 Å². The summed E-state index contributed by atoms with van der Waals surface area (Å²) >= 11 is 0. The molecule has 0 aliphatic carbocycles. The number of nitrogens with one attached hydrogen (secondary N) is 2. The topological polar surface area (TPSA) is 59.1 Å². The first-order valence-corrected chi connectivity index (χ1v) is 9.80. The summed E-state index contributed by atoms with van der Waals surface area (Å²) in [5.74, 6) is 0.630. The normalized spacial score (nSPS) is 11.8. The summed E-state index contributed by atoms with van der Waals surface area (Å²) in [6.45, 7) is 8.50. The zero-order chi connectivity index (χ0) is 22.6. The smallest absolute Gasteiger partial charge is 0.406 e. The molecule has 0 amide bonds. The van der Waals surface area contributed by atoms with Gasteiger partial charge < -0.3 is 15.4 Å². The minimum absolute atomic E-state index is 0.298. The van der Waals surface area contributed by atoms with E-state index < -0.39 is 6.36 Å². The Morgan fingerprint density at radius 2 is 1.68 bits per heavy atom. The van der Waals surface area contributed by atoms with Gasteiger partial charge in [0.05, 0.1) is 5.69 Å². The molecule has 5 nitrogen and oxygen atoms in total. The van der Waals surface area contributed by atoms with Crippen LogP contribution in [0.4, 0.5) is 24.9 Å². The molecule has 2 aromatic carbocycles. The lowest BCUT2D eigenvalue weighted by Crippen LogP contribution is -2.27. The van der Waals surface area contributed by atoms with Crippen molar-refractivity contribution in [3.63, 3.8) is 0 Å². The highest BCUT2D eigenvalue weighted by Crippen LogP contribution is 2.29. The Balaban J connectivity index is 1.94. The molecule has 164 valence electrons. The number of ether oxygens (including phenoxy) is 1. The van der Waals surface area contributed by atoms with Crippen LogP contribution in [0.1, 0.15) is 31.9 Å². The van der Waals surface area contributed by atoms with Crippen LogP contribution < -0.4 is 15.4 Å². The second-order valence-corrected chi connectivity index (χ2v) is 8.19. The lowest BCUT2D eigenvalue weighted by molar-refractivity contribution is -0.274. The van der Waals surface area contributed by atoms with E-state index in [9.17, 15) is 13.2 Å². The largest absolute Gasteiger partial charge is 0.573 e. The average Bonchev–Trinajstić information content (AvgIpc) is 2.65. The van der Waals surface area contributed by atoms with Gasteiger partial charge in [-0.2, -0.15) is 4.98 Å². The Morgan fingerprint density at radius 1 is 0.935 bits per heavy atom. The van der Waals surface area contributed by atoms with Gasteiger partial charge in [-0.25, -0.2) is 4.98 Å². The van der Waals surface area contributed by atoms with Crippen molar-refractivity contribution in [1.29, 1.82) is 0 Å². The molecule has 0 aliphatic rings. The summed E-state index contributed by atoms with van der Waals surface area (Å²) in [7, 11) is 0. The molecule has 3 aromatic rings. The third kappa shape index (κ3) is 6.87. The van der Waals surface area contributed by atoms with Gasteiger partial charge in [-0.3, -0.25) is 0 Å². The van der Waals surface area contributed by atoms with Gasteiger partial charge in [0.2, 0.25) is 5.95 Å². The molecular weight excluding hydrogens is 405 g/mol. The predicted molar refractivity (Wildman–Crippen MR) is 116 cm³/mol. The van der Waals surface area contributed by atoms with Crippen LogP contribution in [0.2, 0.25) is 0 Å². The van der Waals surface area contributed by atoms with Gasteiger partial charge in [-0.1, -0.05) is 36.4 Å². The van der Waals surface area contributed by atoms with Crippen molar-refractivity contribution in [2.24, 2.45) is 0 Å². The van der Waals surface area contributed by atoms with E-state index in [1.165, 1.54) is 18.2 Å². The minimum Gasteiger partial charge on any atom is -0.406 e. The first-order valence-electron chi connectivity index (χ1n) is 9.80. The lowest BCUT2D eigenvalue weighted by atomic mass is 10.1. The molecule has 0 saturated heterocycles. The van der Waals surface area contributed by atoms with Crippen LogP contribution in [0.3, 0.4) is 0 Å². The summed E-state index contributed by atoms with van der Waals surface area (Å²) in [6, 6.07) is 15.4. The van der Waals surface area contributed by atoms with Gasteiger partial charge in [0.1, 0.15) is 11.6 Å². The average molecular weight is 430 g/mol. The number of nitrogens with zero attached hydrogens (tertiary/aromatic N) is 2. The second kappa shape index (κ2) is 8.83. The minimum atomic E-state index is -4.76. The molecule has 0 saturated carbocycles. The van der Waals surface area contributed by atoms with Crippen molar-refractivity contribution in [2.75, 3.05) is 10.6 Å². The molecule has 0 aliphatic heterocycles. The van der Waals surface area contributed by atoms with E-state index in [1.54, 1.807) is 12.1 Å². The van der Waals surface area contributed by atoms with E-state index in [2.05, 4.69) is 25.3 Å². The van der Waals surface area contributed by atoms with Crippen molar-refractivity contribution < 1.29 is 17.9 Å². The molecule has 8 heteroatoms. The fourth-order valence-corrected chi connectivity index (χ4v) is 2.92. The van der Waals surface area contributed by atoms with Crippen LogP contribution in [-0.4, -0.2) is 21.9 Å². The first-order chi connectivity index (χ1) is 14.5. The lowest BCUT2D eigenvalue weighted by Gasteiger charge is -2.21. The summed E-state index contributed by atoms with van der Waals surface area (Å²) in [6.07, 6.45) is -4.76. The summed E-state index contributed by atoms with van der Waals surface area (Å²) in [5, 5.41) is 6.51. The first kappa shape index (κ1) is 22.4. The molecule has 3 rings (SSSR count). The molecule has 0 spiro atoms. The van der Waals surface area contributed by atoms with Crippen molar-refractivity contribution in [3.05, 3.63) is 65.7 Å². The van der Waals surface area contributed by atoms with Gasteiger partial charge in [0.25, 0.3) is 0 Å². The maximum Gasteiger partial charge on any atom is 0.573 e. The number of benzene rings is 2. The number of anilines is 2. The number of aromatic nitrogens is 2. The fourth-order valence-electron chi connectivity index (χ4n) is 2.92. The van der Waals surface area contributed by atoms with Crippen molar-refractivity contribution in [1.82, 2.24) is 9.97 Å². The number of hydrogen-bond acceptors (Lipinski definition) is 5. The highest BCUT2D eigenvalue weighted by atomic mass is 19.4. The maximum absolute atomic E-state index is 12.6. The van der Waals surface area contributed by atoms with E-state index in [-0.39, 0.29) is 11.3 Å². The quantitative estimate of drug-likeness (QED) is 0.490. The highest BCUT2D eigenvalue weighted by Gasteiger charge is 2.31. The Bertz CT molecular complexity index is 1050. The molecular formula is C23H25F3N4O. The zero-order valence-electron chi connectivity index (χ0n) is 17.8. The monoisotopic (exact) mass is 430 g/mol. The second-order valence-electron chi connectivity index (χ2n) is 8.19.